The molecule has 0 aliphatic heterocycles. The quantitative estimate of drug-likeness (QED) is 0.858. The van der Waals surface area contributed by atoms with E-state index in [4.69, 9.17) is 0 Å². The number of rotatable bonds is 5. The number of carbonyl (C=O) groups excluding carboxylic acids is 1. The van der Waals surface area contributed by atoms with Crippen LogP contribution in [0.2, 0.25) is 0 Å². The fraction of sp³-hybridized carbons (Fsp3) is 0.750. The van der Waals surface area contributed by atoms with Crippen molar-refractivity contribution in [3.05, 3.63) is 11.6 Å². The van der Waals surface area contributed by atoms with E-state index in [-0.39, 0.29) is 17.1 Å². The summed E-state index contributed by atoms with van der Waals surface area (Å²) < 4.78 is 0. The van der Waals surface area contributed by atoms with Crippen molar-refractivity contribution in [3.63, 3.8) is 0 Å². The van der Waals surface area contributed by atoms with Crippen LogP contribution in [0.3, 0.4) is 0 Å². The molecule has 0 saturated carbocycles. The van der Waals surface area contributed by atoms with Crippen LogP contribution in [0.5, 0.6) is 0 Å². The predicted octanol–water partition coefficient (Wildman–Crippen LogP) is 1.97. The molecule has 1 unspecified atom stereocenters. The summed E-state index contributed by atoms with van der Waals surface area (Å²) in [5, 5.41) is 10.1. The molecule has 0 bridgehead atoms. The minimum Gasteiger partial charge on any atom is -0.349 e. The molecule has 5 nitrogen and oxygen atoms in total. The van der Waals surface area contributed by atoms with Crippen molar-refractivity contribution >= 4 is 17.7 Å². The normalized spacial score (nSPS) is 13.4. The maximum Gasteiger partial charge on any atom is 0.290 e. The second-order valence-electron chi connectivity index (χ2n) is 5.35. The van der Waals surface area contributed by atoms with Crippen LogP contribution >= 0.6 is 11.8 Å². The molecule has 1 rings (SSSR count). The summed E-state index contributed by atoms with van der Waals surface area (Å²) in [5.74, 6) is 0.733. The molecule has 0 spiro atoms. The summed E-state index contributed by atoms with van der Waals surface area (Å²) in [7, 11) is 0. The molecule has 1 amide bonds. The van der Waals surface area contributed by atoms with Crippen molar-refractivity contribution < 1.29 is 4.79 Å². The van der Waals surface area contributed by atoms with Crippen LogP contribution in [0.15, 0.2) is 0 Å². The Balaban J connectivity index is 2.50. The van der Waals surface area contributed by atoms with Gasteiger partial charge in [-0.2, -0.15) is 11.8 Å². The fourth-order valence-corrected chi connectivity index (χ4v) is 1.64. The summed E-state index contributed by atoms with van der Waals surface area (Å²) in [6.07, 6.45) is 3.01. The van der Waals surface area contributed by atoms with Crippen LogP contribution in [0.25, 0.3) is 0 Å². The topological polar surface area (TPSA) is 70.7 Å². The van der Waals surface area contributed by atoms with Gasteiger partial charge in [0.1, 0.15) is 5.82 Å². The lowest BCUT2D eigenvalue weighted by Crippen LogP contribution is -2.27. The van der Waals surface area contributed by atoms with Gasteiger partial charge in [0, 0.05) is 17.2 Å². The number of H-pyrrole nitrogens is 1. The van der Waals surface area contributed by atoms with Gasteiger partial charge in [-0.15, -0.1) is 5.10 Å². The average Bonchev–Trinajstić information content (AvgIpc) is 2.77. The highest BCUT2D eigenvalue weighted by Crippen LogP contribution is 2.17. The Morgan fingerprint density at radius 3 is 2.67 bits per heavy atom. The number of hydrogen-bond donors (Lipinski definition) is 2. The van der Waals surface area contributed by atoms with E-state index in [1.807, 2.05) is 20.8 Å². The van der Waals surface area contributed by atoms with Crippen LogP contribution in [0.4, 0.5) is 0 Å². The molecule has 6 heteroatoms. The van der Waals surface area contributed by atoms with Crippen molar-refractivity contribution in [2.45, 2.75) is 44.8 Å². The number of aromatic nitrogens is 3. The molecule has 1 atom stereocenters. The van der Waals surface area contributed by atoms with E-state index < -0.39 is 0 Å². The lowest BCUT2D eigenvalue weighted by Gasteiger charge is -2.12. The van der Waals surface area contributed by atoms with Crippen LogP contribution < -0.4 is 5.32 Å². The molecule has 0 aromatic carbocycles. The molecule has 0 aliphatic rings. The van der Waals surface area contributed by atoms with Gasteiger partial charge in [-0.3, -0.25) is 9.89 Å². The third-order valence-electron chi connectivity index (χ3n) is 2.64. The van der Waals surface area contributed by atoms with Crippen LogP contribution in [0, 0.1) is 0 Å². The zero-order valence-corrected chi connectivity index (χ0v) is 12.5. The number of hydrogen-bond acceptors (Lipinski definition) is 4. The van der Waals surface area contributed by atoms with Crippen molar-refractivity contribution in [2.75, 3.05) is 12.8 Å². The van der Waals surface area contributed by atoms with E-state index in [0.29, 0.717) is 11.8 Å². The van der Waals surface area contributed by atoms with E-state index in [2.05, 4.69) is 33.7 Å². The van der Waals surface area contributed by atoms with E-state index in [1.165, 1.54) is 0 Å². The highest BCUT2D eigenvalue weighted by Gasteiger charge is 2.21. The van der Waals surface area contributed by atoms with Gasteiger partial charge >= 0.3 is 0 Å². The summed E-state index contributed by atoms with van der Waals surface area (Å²) in [6.45, 7) is 8.86. The molecule has 18 heavy (non-hydrogen) atoms. The largest absolute Gasteiger partial charge is 0.349 e. The van der Waals surface area contributed by atoms with Gasteiger partial charge in [0.15, 0.2) is 0 Å². The molecule has 2 N–H and O–H groups in total. The number of aromatic amines is 1. The van der Waals surface area contributed by atoms with Crippen molar-refractivity contribution in [3.8, 4) is 0 Å². The minimum absolute atomic E-state index is 0.126. The lowest BCUT2D eigenvalue weighted by atomic mass is 9.96. The number of carbonyl (C=O) groups is 1. The van der Waals surface area contributed by atoms with E-state index in [1.54, 1.807) is 11.8 Å². The molecule has 0 fully saturated rings. The van der Waals surface area contributed by atoms with E-state index in [0.717, 1.165) is 12.2 Å². The molecular formula is C12H22N4OS. The Hall–Kier alpha value is -1.04. The first-order valence-corrected chi connectivity index (χ1v) is 7.37. The second kappa shape index (κ2) is 6.22. The van der Waals surface area contributed by atoms with Crippen molar-refractivity contribution in [1.29, 1.82) is 0 Å². The Morgan fingerprint density at radius 2 is 2.17 bits per heavy atom. The number of amides is 1. The number of thioether (sulfide) groups is 1. The monoisotopic (exact) mass is 270 g/mol. The molecule has 1 aromatic rings. The maximum absolute atomic E-state index is 11.8. The van der Waals surface area contributed by atoms with Crippen LogP contribution in [0.1, 0.15) is 50.6 Å². The standard InChI is InChI=1S/C12H22N4OS/c1-8(18-5)6-7-13-10(17)9-14-11(16-15-9)12(2,3)4/h8H,6-7H2,1-5H3,(H,13,17)(H,14,15,16). The lowest BCUT2D eigenvalue weighted by molar-refractivity contribution is 0.0943. The molecule has 0 saturated heterocycles. The first-order chi connectivity index (χ1) is 8.34. The third-order valence-corrected chi connectivity index (χ3v) is 3.68. The molecule has 102 valence electrons. The maximum atomic E-state index is 11.8. The average molecular weight is 270 g/mol. The van der Waals surface area contributed by atoms with Gasteiger partial charge in [-0.25, -0.2) is 4.98 Å². The Bertz CT molecular complexity index is 397. The highest BCUT2D eigenvalue weighted by molar-refractivity contribution is 7.99. The van der Waals surface area contributed by atoms with Gasteiger partial charge in [0.05, 0.1) is 0 Å². The molecule has 0 radical (unpaired) electrons. The fourth-order valence-electron chi connectivity index (χ4n) is 1.28. The van der Waals surface area contributed by atoms with E-state index >= 15 is 0 Å². The Morgan fingerprint density at radius 1 is 1.50 bits per heavy atom. The Kier molecular flexibility index (Phi) is 5.19. The predicted molar refractivity (Wildman–Crippen MR) is 75.0 cm³/mol. The minimum atomic E-state index is -0.213. The van der Waals surface area contributed by atoms with Gasteiger partial charge in [-0.1, -0.05) is 27.7 Å². The molecule has 1 heterocycles. The van der Waals surface area contributed by atoms with Gasteiger partial charge in [0.25, 0.3) is 5.91 Å². The van der Waals surface area contributed by atoms with Crippen LogP contribution in [-0.2, 0) is 5.41 Å². The van der Waals surface area contributed by atoms with Crippen molar-refractivity contribution in [1.82, 2.24) is 20.5 Å². The number of nitrogens with one attached hydrogen (secondary N) is 2. The smallest absolute Gasteiger partial charge is 0.290 e. The summed E-state index contributed by atoms with van der Waals surface area (Å²) in [6, 6.07) is 0. The van der Waals surface area contributed by atoms with E-state index in [9.17, 15) is 4.79 Å². The molecular weight excluding hydrogens is 248 g/mol. The summed E-state index contributed by atoms with van der Waals surface area (Å²) in [5.41, 5.74) is -0.126. The third kappa shape index (κ3) is 4.33. The molecule has 1 aromatic heterocycles. The van der Waals surface area contributed by atoms with Crippen molar-refractivity contribution in [2.24, 2.45) is 0 Å². The zero-order chi connectivity index (χ0) is 13.8. The van der Waals surface area contributed by atoms with Crippen LogP contribution in [-0.4, -0.2) is 39.1 Å². The van der Waals surface area contributed by atoms with Gasteiger partial charge in [0.2, 0.25) is 5.82 Å². The zero-order valence-electron chi connectivity index (χ0n) is 11.7. The molecule has 0 aliphatic carbocycles. The summed E-state index contributed by atoms with van der Waals surface area (Å²) >= 11 is 1.79. The van der Waals surface area contributed by atoms with Gasteiger partial charge in [-0.05, 0) is 12.7 Å². The first-order valence-electron chi connectivity index (χ1n) is 6.08. The SMILES string of the molecule is CSC(C)CCNC(=O)c1n[nH]c(C(C)(C)C)n1. The Labute approximate surface area is 113 Å². The first kappa shape index (κ1) is 15.0. The summed E-state index contributed by atoms with van der Waals surface area (Å²) in [4.78, 5) is 16.0. The second-order valence-corrected chi connectivity index (χ2v) is 6.62. The highest BCUT2D eigenvalue weighted by atomic mass is 32.2. The van der Waals surface area contributed by atoms with Gasteiger partial charge < -0.3 is 5.32 Å². The number of nitrogens with zero attached hydrogens (tertiary/aromatic N) is 2.